The number of aromatic nitrogens is 4. The number of sulfonamides is 1. The molecule has 0 saturated heterocycles. The van der Waals surface area contributed by atoms with Crippen molar-refractivity contribution in [3.8, 4) is 11.4 Å². The molecule has 27 heavy (non-hydrogen) atoms. The molecule has 0 bridgehead atoms. The summed E-state index contributed by atoms with van der Waals surface area (Å²) in [4.78, 5) is 13.4. The van der Waals surface area contributed by atoms with Gasteiger partial charge in [-0.15, -0.1) is 11.3 Å². The smallest absolute Gasteiger partial charge is 0.238 e. The molecule has 0 spiro atoms. The fourth-order valence-electron chi connectivity index (χ4n) is 2.60. The Balaban J connectivity index is 0.00000210. The summed E-state index contributed by atoms with van der Waals surface area (Å²) in [5, 5.41) is 10.9. The van der Waals surface area contributed by atoms with Crippen molar-refractivity contribution < 1.29 is 25.4 Å². The van der Waals surface area contributed by atoms with Gasteiger partial charge in [-0.3, -0.25) is 4.40 Å². The van der Waals surface area contributed by atoms with E-state index in [2.05, 4.69) is 20.3 Å². The number of primary sulfonamides is 1. The number of benzene rings is 1. The molecule has 0 saturated carbocycles. The number of thiazole rings is 1. The molecular formula is C16H14BrN6O2S2-. The van der Waals surface area contributed by atoms with Crippen LogP contribution in [-0.2, 0) is 10.0 Å². The molecule has 0 aliphatic heterocycles. The number of hydrogen-bond donors (Lipinski definition) is 2. The summed E-state index contributed by atoms with van der Waals surface area (Å²) in [5.41, 5.74) is 3.24. The van der Waals surface area contributed by atoms with E-state index in [1.54, 1.807) is 18.3 Å². The Hall–Kier alpha value is -2.34. The van der Waals surface area contributed by atoms with E-state index in [-0.39, 0.29) is 21.9 Å². The van der Waals surface area contributed by atoms with Crippen molar-refractivity contribution in [3.05, 3.63) is 53.8 Å². The van der Waals surface area contributed by atoms with Crippen molar-refractivity contribution in [2.45, 2.75) is 11.8 Å². The van der Waals surface area contributed by atoms with Gasteiger partial charge in [0.25, 0.3) is 0 Å². The molecular weight excluding hydrogens is 452 g/mol. The molecule has 3 N–H and O–H groups in total. The van der Waals surface area contributed by atoms with Gasteiger partial charge in [-0.1, -0.05) is 0 Å². The Bertz CT molecular complexity index is 1200. The van der Waals surface area contributed by atoms with Crippen LogP contribution >= 0.6 is 11.3 Å². The molecule has 140 valence electrons. The third-order valence-electron chi connectivity index (χ3n) is 3.76. The fraction of sp³-hybridized carbons (Fsp3) is 0.0625. The van der Waals surface area contributed by atoms with Crippen molar-refractivity contribution in [1.82, 2.24) is 19.4 Å². The quantitative estimate of drug-likeness (QED) is 0.421. The molecule has 4 aromatic rings. The number of rotatable bonds is 4. The monoisotopic (exact) mass is 465 g/mol. The predicted molar refractivity (Wildman–Crippen MR) is 99.9 cm³/mol. The van der Waals surface area contributed by atoms with Crippen LogP contribution < -0.4 is 27.4 Å². The summed E-state index contributed by atoms with van der Waals surface area (Å²) >= 11 is 1.44. The Morgan fingerprint density at radius 3 is 2.63 bits per heavy atom. The van der Waals surface area contributed by atoms with Crippen LogP contribution in [0.1, 0.15) is 5.69 Å². The number of fused-ring (bicyclic) bond motifs is 1. The Morgan fingerprint density at radius 2 is 1.93 bits per heavy atom. The fourth-order valence-corrected chi connectivity index (χ4v) is 3.83. The first-order valence-corrected chi connectivity index (χ1v) is 10.00. The molecule has 11 heteroatoms. The molecule has 0 aliphatic carbocycles. The summed E-state index contributed by atoms with van der Waals surface area (Å²) < 4.78 is 24.5. The van der Waals surface area contributed by atoms with Crippen LogP contribution in [0.25, 0.3) is 17.2 Å². The highest BCUT2D eigenvalue weighted by molar-refractivity contribution is 7.89. The molecule has 0 aliphatic rings. The van der Waals surface area contributed by atoms with E-state index in [9.17, 15) is 8.42 Å². The van der Waals surface area contributed by atoms with E-state index >= 15 is 0 Å². The van der Waals surface area contributed by atoms with Gasteiger partial charge >= 0.3 is 0 Å². The normalized spacial score (nSPS) is 11.3. The van der Waals surface area contributed by atoms with Gasteiger partial charge in [0.05, 0.1) is 16.3 Å². The van der Waals surface area contributed by atoms with Gasteiger partial charge in [-0.25, -0.2) is 28.5 Å². The van der Waals surface area contributed by atoms with E-state index in [0.717, 1.165) is 22.8 Å². The zero-order valence-corrected chi connectivity index (χ0v) is 17.2. The van der Waals surface area contributed by atoms with Gasteiger partial charge in [0.15, 0.2) is 5.13 Å². The number of nitrogens with two attached hydrogens (primary N) is 1. The summed E-state index contributed by atoms with van der Waals surface area (Å²) in [6, 6.07) is 8.03. The molecule has 3 heterocycles. The minimum absolute atomic E-state index is 0. The first-order chi connectivity index (χ1) is 12.4. The van der Waals surface area contributed by atoms with Crippen molar-refractivity contribution in [2.24, 2.45) is 5.14 Å². The second-order valence-electron chi connectivity index (χ2n) is 5.57. The molecule has 4 rings (SSSR count). The number of imidazole rings is 1. The highest BCUT2D eigenvalue weighted by atomic mass is 79.9. The average Bonchev–Trinajstić information content (AvgIpc) is 3.17. The van der Waals surface area contributed by atoms with E-state index in [4.69, 9.17) is 5.14 Å². The van der Waals surface area contributed by atoms with Crippen LogP contribution in [0.15, 0.2) is 53.0 Å². The molecule has 3 aromatic heterocycles. The average molecular weight is 466 g/mol. The van der Waals surface area contributed by atoms with Crippen LogP contribution in [0, 0.1) is 6.92 Å². The van der Waals surface area contributed by atoms with Crippen molar-refractivity contribution in [3.63, 3.8) is 0 Å². The Morgan fingerprint density at radius 1 is 1.19 bits per heavy atom. The van der Waals surface area contributed by atoms with Crippen LogP contribution in [0.3, 0.4) is 0 Å². The lowest BCUT2D eigenvalue weighted by atomic mass is 10.3. The molecule has 0 amide bonds. The molecule has 0 unspecified atom stereocenters. The predicted octanol–water partition coefficient (Wildman–Crippen LogP) is -0.444. The van der Waals surface area contributed by atoms with E-state index in [1.165, 1.54) is 23.5 Å². The molecule has 0 fully saturated rings. The number of nitrogens with zero attached hydrogens (tertiary/aromatic N) is 4. The highest BCUT2D eigenvalue weighted by Crippen LogP contribution is 2.29. The zero-order valence-electron chi connectivity index (χ0n) is 14.0. The maximum absolute atomic E-state index is 11.3. The van der Waals surface area contributed by atoms with Crippen LogP contribution in [0.2, 0.25) is 0 Å². The van der Waals surface area contributed by atoms with Crippen LogP contribution in [0.4, 0.5) is 10.8 Å². The minimum Gasteiger partial charge on any atom is -1.00 e. The van der Waals surface area contributed by atoms with E-state index < -0.39 is 10.0 Å². The van der Waals surface area contributed by atoms with Crippen molar-refractivity contribution >= 4 is 38.0 Å². The number of aryl methyl sites for hydroxylation is 1. The summed E-state index contributed by atoms with van der Waals surface area (Å²) in [6.07, 6.45) is 3.60. The lowest BCUT2D eigenvalue weighted by Crippen LogP contribution is -3.00. The SMILES string of the molecule is Cc1nc2ncccn2c1-c1csc(Nc2ccc(S(N)(=O)=O)cc2)n1.[Br-]. The molecule has 0 atom stereocenters. The Labute approximate surface area is 169 Å². The van der Waals surface area contributed by atoms with Gasteiger partial charge in [-0.05, 0) is 37.3 Å². The molecule has 1 aromatic carbocycles. The maximum atomic E-state index is 11.3. The number of halogens is 1. The number of anilines is 2. The summed E-state index contributed by atoms with van der Waals surface area (Å²) in [7, 11) is -3.70. The van der Waals surface area contributed by atoms with Crippen molar-refractivity contribution in [2.75, 3.05) is 5.32 Å². The van der Waals surface area contributed by atoms with Crippen molar-refractivity contribution in [1.29, 1.82) is 0 Å². The van der Waals surface area contributed by atoms with Gasteiger partial charge in [0.2, 0.25) is 15.8 Å². The molecule has 0 radical (unpaired) electrons. The molecule has 8 nitrogen and oxygen atoms in total. The number of nitrogens with one attached hydrogen (secondary N) is 1. The van der Waals surface area contributed by atoms with Crippen LogP contribution in [-0.4, -0.2) is 27.8 Å². The second kappa shape index (κ2) is 7.35. The van der Waals surface area contributed by atoms with Gasteiger partial charge < -0.3 is 22.3 Å². The standard InChI is InChI=1S/C16H14N6O2S2.BrH/c1-10-14(22-8-2-7-18-15(22)19-10)13-9-25-16(21-13)20-11-3-5-12(6-4-11)26(17,23)24;/h2-9H,1H3,(H,20,21)(H2,17,23,24);1H/p-1. The first kappa shape index (κ1) is 19.4. The third kappa shape index (κ3) is 3.86. The third-order valence-corrected chi connectivity index (χ3v) is 5.45. The largest absolute Gasteiger partial charge is 1.00 e. The first-order valence-electron chi connectivity index (χ1n) is 7.57. The number of hydrogen-bond acceptors (Lipinski definition) is 7. The topological polar surface area (TPSA) is 115 Å². The highest BCUT2D eigenvalue weighted by Gasteiger charge is 2.15. The lowest BCUT2D eigenvalue weighted by molar-refractivity contribution is -0.00000806. The van der Waals surface area contributed by atoms with Gasteiger partial charge in [0.1, 0.15) is 5.69 Å². The lowest BCUT2D eigenvalue weighted by Gasteiger charge is -2.04. The summed E-state index contributed by atoms with van der Waals surface area (Å²) in [6.45, 7) is 1.92. The van der Waals surface area contributed by atoms with E-state index in [0.29, 0.717) is 10.9 Å². The zero-order chi connectivity index (χ0) is 18.3. The summed E-state index contributed by atoms with van der Waals surface area (Å²) in [5.74, 6) is 0.626. The van der Waals surface area contributed by atoms with Crippen LogP contribution in [0.5, 0.6) is 0 Å². The van der Waals surface area contributed by atoms with Gasteiger partial charge in [-0.2, -0.15) is 0 Å². The second-order valence-corrected chi connectivity index (χ2v) is 7.99. The van der Waals surface area contributed by atoms with E-state index in [1.807, 2.05) is 29.0 Å². The minimum atomic E-state index is -3.70. The Kier molecular flexibility index (Phi) is 5.29. The van der Waals surface area contributed by atoms with Gasteiger partial charge in [0, 0.05) is 23.5 Å². The maximum Gasteiger partial charge on any atom is 0.238 e.